The molecule has 1 saturated heterocycles. The molecule has 6 heteroatoms. The van der Waals surface area contributed by atoms with Crippen LogP contribution in [-0.4, -0.2) is 35.8 Å². The van der Waals surface area contributed by atoms with Crippen molar-refractivity contribution in [2.75, 3.05) is 13.1 Å². The molecule has 5 nitrogen and oxygen atoms in total. The second-order valence-electron chi connectivity index (χ2n) is 5.36. The molecule has 0 bridgehead atoms. The van der Waals surface area contributed by atoms with E-state index in [9.17, 15) is 14.0 Å². The van der Waals surface area contributed by atoms with Gasteiger partial charge in [0.05, 0.1) is 6.07 Å². The molecule has 0 unspecified atom stereocenters. The predicted octanol–water partition coefficient (Wildman–Crippen LogP) is 1.86. The number of nitrogens with one attached hydrogen (secondary N) is 1. The highest BCUT2D eigenvalue weighted by atomic mass is 19.1. The van der Waals surface area contributed by atoms with E-state index in [4.69, 9.17) is 5.26 Å². The van der Waals surface area contributed by atoms with E-state index in [2.05, 4.69) is 5.32 Å². The number of hydrogen-bond acceptors (Lipinski definition) is 3. The molecule has 0 spiro atoms. The molecule has 1 N–H and O–H groups in total. The minimum Gasteiger partial charge on any atom is -0.352 e. The fourth-order valence-corrected chi connectivity index (χ4v) is 2.47. The standard InChI is InChI=1S/C17H18FN3O2/c18-15-4-2-1-3-13(15)5-6-17(23)21-11-8-14(9-12-21)20-16(22)7-10-19/h1-6,14H,7-9,11-12H2,(H,20,22)/b6-5+. The summed E-state index contributed by atoms with van der Waals surface area (Å²) in [6.07, 6.45) is 3.99. The summed E-state index contributed by atoms with van der Waals surface area (Å²) in [4.78, 5) is 25.1. The van der Waals surface area contributed by atoms with Gasteiger partial charge >= 0.3 is 0 Å². The molecular weight excluding hydrogens is 297 g/mol. The topological polar surface area (TPSA) is 73.2 Å². The van der Waals surface area contributed by atoms with Crippen molar-refractivity contribution in [2.45, 2.75) is 25.3 Å². The fraction of sp³-hybridized carbons (Fsp3) is 0.353. The van der Waals surface area contributed by atoms with E-state index in [-0.39, 0.29) is 30.1 Å². The summed E-state index contributed by atoms with van der Waals surface area (Å²) in [6.45, 7) is 1.05. The largest absolute Gasteiger partial charge is 0.352 e. The lowest BCUT2D eigenvalue weighted by Crippen LogP contribution is -2.46. The van der Waals surface area contributed by atoms with Crippen LogP contribution in [0.1, 0.15) is 24.8 Å². The number of amides is 2. The number of piperidine rings is 1. The number of hydrogen-bond donors (Lipinski definition) is 1. The van der Waals surface area contributed by atoms with Gasteiger partial charge in [-0.2, -0.15) is 5.26 Å². The number of carbonyl (C=O) groups excluding carboxylic acids is 2. The zero-order valence-electron chi connectivity index (χ0n) is 12.7. The maximum atomic E-state index is 13.5. The van der Waals surface area contributed by atoms with Gasteiger partial charge in [0.2, 0.25) is 11.8 Å². The summed E-state index contributed by atoms with van der Waals surface area (Å²) in [5, 5.41) is 11.2. The maximum Gasteiger partial charge on any atom is 0.246 e. The zero-order chi connectivity index (χ0) is 16.7. The first kappa shape index (κ1) is 16.7. The van der Waals surface area contributed by atoms with Crippen LogP contribution in [0.3, 0.4) is 0 Å². The minimum absolute atomic E-state index is 0.00422. The number of benzene rings is 1. The Labute approximate surface area is 134 Å². The van der Waals surface area contributed by atoms with Gasteiger partial charge in [-0.25, -0.2) is 4.39 Å². The van der Waals surface area contributed by atoms with Crippen molar-refractivity contribution in [3.63, 3.8) is 0 Å². The van der Waals surface area contributed by atoms with Gasteiger partial charge in [-0.15, -0.1) is 0 Å². The average molecular weight is 315 g/mol. The average Bonchev–Trinajstić information content (AvgIpc) is 2.55. The molecule has 0 saturated carbocycles. The Bertz CT molecular complexity index is 643. The summed E-state index contributed by atoms with van der Waals surface area (Å²) in [5.74, 6) is -0.817. The van der Waals surface area contributed by atoms with Crippen molar-refractivity contribution < 1.29 is 14.0 Å². The van der Waals surface area contributed by atoms with Gasteiger partial charge in [-0.3, -0.25) is 9.59 Å². The van der Waals surface area contributed by atoms with Crippen LogP contribution in [0, 0.1) is 17.1 Å². The molecule has 120 valence electrons. The Balaban J connectivity index is 1.83. The van der Waals surface area contributed by atoms with Crippen molar-refractivity contribution in [1.82, 2.24) is 10.2 Å². The Morgan fingerprint density at radius 3 is 2.70 bits per heavy atom. The molecule has 0 radical (unpaired) electrons. The van der Waals surface area contributed by atoms with Gasteiger partial charge in [-0.1, -0.05) is 18.2 Å². The van der Waals surface area contributed by atoms with Crippen LogP contribution in [0.15, 0.2) is 30.3 Å². The van der Waals surface area contributed by atoms with Crippen LogP contribution in [-0.2, 0) is 9.59 Å². The number of likely N-dealkylation sites (tertiary alicyclic amines) is 1. The van der Waals surface area contributed by atoms with Gasteiger partial charge in [0.15, 0.2) is 0 Å². The number of nitrogens with zero attached hydrogens (tertiary/aromatic N) is 2. The third kappa shape index (κ3) is 4.92. The molecule has 1 aliphatic heterocycles. The molecule has 1 fully saturated rings. The SMILES string of the molecule is N#CCC(=O)NC1CCN(C(=O)/C=C/c2ccccc2F)CC1. The maximum absolute atomic E-state index is 13.5. The summed E-state index contributed by atoms with van der Waals surface area (Å²) in [5.41, 5.74) is 0.375. The van der Waals surface area contributed by atoms with Crippen LogP contribution in [0.2, 0.25) is 0 Å². The molecule has 1 aromatic rings. The Kier molecular flexibility index (Phi) is 5.87. The van der Waals surface area contributed by atoms with Gasteiger partial charge in [0.1, 0.15) is 12.2 Å². The molecule has 1 aromatic carbocycles. The van der Waals surface area contributed by atoms with E-state index in [1.807, 2.05) is 0 Å². The Morgan fingerprint density at radius 2 is 2.04 bits per heavy atom. The van der Waals surface area contributed by atoms with Gasteiger partial charge in [0, 0.05) is 30.8 Å². The van der Waals surface area contributed by atoms with Crippen LogP contribution in [0.4, 0.5) is 4.39 Å². The first-order chi connectivity index (χ1) is 11.1. The van der Waals surface area contributed by atoms with E-state index in [0.29, 0.717) is 31.5 Å². The van der Waals surface area contributed by atoms with Gasteiger partial charge in [0.25, 0.3) is 0 Å². The second-order valence-corrected chi connectivity index (χ2v) is 5.36. The molecule has 2 rings (SSSR count). The van der Waals surface area contributed by atoms with Crippen molar-refractivity contribution >= 4 is 17.9 Å². The van der Waals surface area contributed by atoms with Crippen molar-refractivity contribution in [1.29, 1.82) is 5.26 Å². The van der Waals surface area contributed by atoms with E-state index in [1.54, 1.807) is 29.2 Å². The third-order valence-corrected chi connectivity index (χ3v) is 3.72. The van der Waals surface area contributed by atoms with Crippen LogP contribution in [0.5, 0.6) is 0 Å². The van der Waals surface area contributed by atoms with Crippen molar-refractivity contribution in [3.8, 4) is 6.07 Å². The second kappa shape index (κ2) is 8.08. The molecule has 0 aromatic heterocycles. The highest BCUT2D eigenvalue weighted by Crippen LogP contribution is 2.13. The van der Waals surface area contributed by atoms with E-state index >= 15 is 0 Å². The summed E-state index contributed by atoms with van der Waals surface area (Å²) >= 11 is 0. The molecule has 23 heavy (non-hydrogen) atoms. The number of halogens is 1. The normalized spacial score (nSPS) is 15.4. The molecule has 2 amide bonds. The van der Waals surface area contributed by atoms with Crippen molar-refractivity contribution in [3.05, 3.63) is 41.7 Å². The van der Waals surface area contributed by atoms with E-state index in [0.717, 1.165) is 0 Å². The fourth-order valence-electron chi connectivity index (χ4n) is 2.47. The molecular formula is C17H18FN3O2. The summed E-state index contributed by atoms with van der Waals surface area (Å²) in [7, 11) is 0. The van der Waals surface area contributed by atoms with Gasteiger partial charge in [-0.05, 0) is 25.0 Å². The smallest absolute Gasteiger partial charge is 0.246 e. The van der Waals surface area contributed by atoms with E-state index < -0.39 is 0 Å². The zero-order valence-corrected chi connectivity index (χ0v) is 12.7. The number of carbonyl (C=O) groups is 2. The first-order valence-corrected chi connectivity index (χ1v) is 7.48. The lowest BCUT2D eigenvalue weighted by Gasteiger charge is -2.31. The predicted molar refractivity (Wildman–Crippen MR) is 83.4 cm³/mol. The number of rotatable bonds is 4. The lowest BCUT2D eigenvalue weighted by molar-refractivity contribution is -0.127. The van der Waals surface area contributed by atoms with Crippen LogP contribution in [0.25, 0.3) is 6.08 Å². The van der Waals surface area contributed by atoms with Crippen LogP contribution >= 0.6 is 0 Å². The highest BCUT2D eigenvalue weighted by molar-refractivity contribution is 5.91. The molecule has 0 aliphatic carbocycles. The third-order valence-electron chi connectivity index (χ3n) is 3.72. The number of nitriles is 1. The molecule has 0 atom stereocenters. The first-order valence-electron chi connectivity index (χ1n) is 7.48. The molecule has 1 heterocycles. The molecule has 1 aliphatic rings. The lowest BCUT2D eigenvalue weighted by atomic mass is 10.0. The summed E-state index contributed by atoms with van der Waals surface area (Å²) in [6, 6.07) is 8.06. The van der Waals surface area contributed by atoms with E-state index in [1.165, 1.54) is 18.2 Å². The van der Waals surface area contributed by atoms with Crippen LogP contribution < -0.4 is 5.32 Å². The quantitative estimate of drug-likeness (QED) is 0.862. The Morgan fingerprint density at radius 1 is 1.35 bits per heavy atom. The Hall–Kier alpha value is -2.68. The minimum atomic E-state index is -0.365. The van der Waals surface area contributed by atoms with Gasteiger partial charge < -0.3 is 10.2 Å². The summed E-state index contributed by atoms with van der Waals surface area (Å²) < 4.78 is 13.5. The monoisotopic (exact) mass is 315 g/mol. The highest BCUT2D eigenvalue weighted by Gasteiger charge is 2.22. The van der Waals surface area contributed by atoms with Crippen molar-refractivity contribution in [2.24, 2.45) is 0 Å².